The molecule has 0 saturated heterocycles. The van der Waals surface area contributed by atoms with Crippen molar-refractivity contribution < 1.29 is 4.79 Å². The van der Waals surface area contributed by atoms with Gasteiger partial charge in [0.25, 0.3) is 5.56 Å². The van der Waals surface area contributed by atoms with E-state index in [1.807, 2.05) is 6.92 Å². The van der Waals surface area contributed by atoms with Gasteiger partial charge in [-0.15, -0.1) is 0 Å². The number of hydrogen-bond donors (Lipinski definition) is 2. The second-order valence-electron chi connectivity index (χ2n) is 4.85. The number of nitrogens with two attached hydrogens (primary N) is 1. The zero-order chi connectivity index (χ0) is 15.4. The van der Waals surface area contributed by atoms with Crippen LogP contribution >= 0.6 is 0 Å². The number of amides is 1. The van der Waals surface area contributed by atoms with Gasteiger partial charge in [0.05, 0.1) is 12.2 Å². The topological polar surface area (TPSA) is 90.0 Å². The summed E-state index contributed by atoms with van der Waals surface area (Å²) in [5.41, 5.74) is 8.46. The molecule has 0 unspecified atom stereocenters. The zero-order valence-corrected chi connectivity index (χ0v) is 12.1. The maximum atomic E-state index is 12.0. The number of aromatic nitrogens is 2. The van der Waals surface area contributed by atoms with Crippen LogP contribution in [0.1, 0.15) is 17.7 Å². The van der Waals surface area contributed by atoms with E-state index in [1.165, 1.54) is 10.7 Å². The van der Waals surface area contributed by atoms with Crippen LogP contribution in [0.15, 0.2) is 35.1 Å². The van der Waals surface area contributed by atoms with Gasteiger partial charge >= 0.3 is 0 Å². The molecule has 2 rings (SSSR count). The van der Waals surface area contributed by atoms with Crippen LogP contribution in [0.25, 0.3) is 0 Å². The fraction of sp³-hybridized carbons (Fsp3) is 0.267. The molecule has 0 atom stereocenters. The molecule has 3 N–H and O–H groups in total. The van der Waals surface area contributed by atoms with Crippen LogP contribution in [-0.2, 0) is 11.3 Å². The molecule has 6 heteroatoms. The Labute approximate surface area is 122 Å². The SMILES string of the molecule is Cc1ccc(=O)n(CCC(=O)Nc2cccc(N)c2C)n1. The van der Waals surface area contributed by atoms with Crippen molar-refractivity contribution in [2.75, 3.05) is 11.1 Å². The molecule has 1 aromatic carbocycles. The Balaban J connectivity index is 2.01. The van der Waals surface area contributed by atoms with E-state index in [0.717, 1.165) is 11.3 Å². The molecule has 0 aliphatic carbocycles. The van der Waals surface area contributed by atoms with Crippen LogP contribution in [0, 0.1) is 13.8 Å². The summed E-state index contributed by atoms with van der Waals surface area (Å²) < 4.78 is 1.29. The van der Waals surface area contributed by atoms with Crippen molar-refractivity contribution in [3.63, 3.8) is 0 Å². The number of nitrogens with one attached hydrogen (secondary N) is 1. The first-order chi connectivity index (χ1) is 9.97. The van der Waals surface area contributed by atoms with E-state index in [0.29, 0.717) is 11.4 Å². The number of anilines is 2. The highest BCUT2D eigenvalue weighted by molar-refractivity contribution is 5.92. The van der Waals surface area contributed by atoms with Crippen molar-refractivity contribution in [2.45, 2.75) is 26.8 Å². The van der Waals surface area contributed by atoms with Crippen molar-refractivity contribution in [3.8, 4) is 0 Å². The lowest BCUT2D eigenvalue weighted by Gasteiger charge is -2.10. The predicted molar refractivity (Wildman–Crippen MR) is 82.1 cm³/mol. The minimum Gasteiger partial charge on any atom is -0.398 e. The smallest absolute Gasteiger partial charge is 0.266 e. The van der Waals surface area contributed by atoms with Crippen molar-refractivity contribution in [3.05, 3.63) is 51.9 Å². The summed E-state index contributed by atoms with van der Waals surface area (Å²) in [6, 6.07) is 8.45. The van der Waals surface area contributed by atoms with Gasteiger partial charge in [-0.1, -0.05) is 6.07 Å². The lowest BCUT2D eigenvalue weighted by Crippen LogP contribution is -2.25. The summed E-state index contributed by atoms with van der Waals surface area (Å²) in [5, 5.41) is 6.88. The number of hydrogen-bond acceptors (Lipinski definition) is 4. The van der Waals surface area contributed by atoms with Gasteiger partial charge in [0.1, 0.15) is 0 Å². The summed E-state index contributed by atoms with van der Waals surface area (Å²) in [6.45, 7) is 3.89. The monoisotopic (exact) mass is 286 g/mol. The normalized spacial score (nSPS) is 10.4. The zero-order valence-electron chi connectivity index (χ0n) is 12.1. The van der Waals surface area contributed by atoms with E-state index in [4.69, 9.17) is 5.73 Å². The lowest BCUT2D eigenvalue weighted by molar-refractivity contribution is -0.116. The molecule has 2 aromatic rings. The van der Waals surface area contributed by atoms with Crippen LogP contribution in [-0.4, -0.2) is 15.7 Å². The summed E-state index contributed by atoms with van der Waals surface area (Å²) in [6.07, 6.45) is 0.171. The first-order valence-electron chi connectivity index (χ1n) is 6.67. The van der Waals surface area contributed by atoms with Crippen LogP contribution in [0.2, 0.25) is 0 Å². The largest absolute Gasteiger partial charge is 0.398 e. The third kappa shape index (κ3) is 3.68. The Morgan fingerprint density at radius 3 is 2.81 bits per heavy atom. The highest BCUT2D eigenvalue weighted by Gasteiger charge is 2.07. The first kappa shape index (κ1) is 14.8. The Morgan fingerprint density at radius 2 is 2.05 bits per heavy atom. The highest BCUT2D eigenvalue weighted by Crippen LogP contribution is 2.20. The molecule has 0 radical (unpaired) electrons. The van der Waals surface area contributed by atoms with Gasteiger partial charge in [0, 0.05) is 23.9 Å². The lowest BCUT2D eigenvalue weighted by atomic mass is 10.1. The van der Waals surface area contributed by atoms with E-state index in [1.54, 1.807) is 31.2 Å². The number of aryl methyl sites for hydroxylation is 2. The average molecular weight is 286 g/mol. The second kappa shape index (κ2) is 6.21. The molecule has 0 fully saturated rings. The van der Waals surface area contributed by atoms with Gasteiger partial charge in [-0.3, -0.25) is 9.59 Å². The number of rotatable bonds is 4. The van der Waals surface area contributed by atoms with Crippen molar-refractivity contribution in [2.24, 2.45) is 0 Å². The van der Waals surface area contributed by atoms with Crippen LogP contribution < -0.4 is 16.6 Å². The van der Waals surface area contributed by atoms with Gasteiger partial charge < -0.3 is 11.1 Å². The van der Waals surface area contributed by atoms with Crippen LogP contribution in [0.5, 0.6) is 0 Å². The van der Waals surface area contributed by atoms with E-state index in [-0.39, 0.29) is 24.4 Å². The summed E-state index contributed by atoms with van der Waals surface area (Å²) in [7, 11) is 0. The van der Waals surface area contributed by atoms with E-state index >= 15 is 0 Å². The maximum Gasteiger partial charge on any atom is 0.266 e. The molecule has 1 amide bonds. The molecule has 0 bridgehead atoms. The van der Waals surface area contributed by atoms with Crippen LogP contribution in [0.3, 0.4) is 0 Å². The first-order valence-corrected chi connectivity index (χ1v) is 6.67. The molecule has 1 heterocycles. The summed E-state index contributed by atoms with van der Waals surface area (Å²) in [4.78, 5) is 23.5. The van der Waals surface area contributed by atoms with Crippen LogP contribution in [0.4, 0.5) is 11.4 Å². The maximum absolute atomic E-state index is 12.0. The molecule has 1 aromatic heterocycles. The van der Waals surface area contributed by atoms with Gasteiger partial charge in [-0.2, -0.15) is 5.10 Å². The molecule has 6 nitrogen and oxygen atoms in total. The van der Waals surface area contributed by atoms with Gasteiger partial charge in [-0.25, -0.2) is 4.68 Å². The molecule has 21 heavy (non-hydrogen) atoms. The highest BCUT2D eigenvalue weighted by atomic mass is 16.2. The molecule has 0 aliphatic heterocycles. The summed E-state index contributed by atoms with van der Waals surface area (Å²) in [5.74, 6) is -0.182. The number of carbonyl (C=O) groups excluding carboxylic acids is 1. The second-order valence-corrected chi connectivity index (χ2v) is 4.85. The molecule has 110 valence electrons. The van der Waals surface area contributed by atoms with Gasteiger partial charge in [0.2, 0.25) is 5.91 Å². The van der Waals surface area contributed by atoms with E-state index < -0.39 is 0 Å². The summed E-state index contributed by atoms with van der Waals surface area (Å²) >= 11 is 0. The number of carbonyl (C=O) groups is 1. The predicted octanol–water partition coefficient (Wildman–Crippen LogP) is 1.47. The molecule has 0 aliphatic rings. The minimum absolute atomic E-state index is 0.171. The van der Waals surface area contributed by atoms with Crippen molar-refractivity contribution in [1.29, 1.82) is 0 Å². The number of benzene rings is 1. The average Bonchev–Trinajstić information content (AvgIpc) is 2.45. The van der Waals surface area contributed by atoms with Crippen molar-refractivity contribution in [1.82, 2.24) is 9.78 Å². The van der Waals surface area contributed by atoms with Gasteiger partial charge in [0.15, 0.2) is 0 Å². The molecular weight excluding hydrogens is 268 g/mol. The standard InChI is InChI=1S/C15H18N4O2/c1-10-6-7-15(21)19(18-10)9-8-14(20)17-13-5-3-4-12(16)11(13)2/h3-7H,8-9,16H2,1-2H3,(H,17,20). The third-order valence-electron chi connectivity index (χ3n) is 3.20. The Morgan fingerprint density at radius 1 is 1.29 bits per heavy atom. The quantitative estimate of drug-likeness (QED) is 0.833. The van der Waals surface area contributed by atoms with Gasteiger partial charge in [-0.05, 0) is 37.6 Å². The number of nitrogen functional groups attached to an aromatic ring is 1. The third-order valence-corrected chi connectivity index (χ3v) is 3.20. The number of nitrogens with zero attached hydrogens (tertiary/aromatic N) is 2. The van der Waals surface area contributed by atoms with E-state index in [2.05, 4.69) is 10.4 Å². The Kier molecular flexibility index (Phi) is 4.37. The van der Waals surface area contributed by atoms with Crippen molar-refractivity contribution >= 4 is 17.3 Å². The fourth-order valence-electron chi connectivity index (χ4n) is 1.92. The minimum atomic E-state index is -0.214. The Hall–Kier alpha value is -2.63. The molecule has 0 saturated carbocycles. The molecule has 0 spiro atoms. The Bertz CT molecular complexity index is 722. The molecular formula is C15H18N4O2. The fourth-order valence-corrected chi connectivity index (χ4v) is 1.92. The van der Waals surface area contributed by atoms with E-state index in [9.17, 15) is 9.59 Å².